The largest absolute Gasteiger partial charge is 0.317 e. The number of nitrogens with one attached hydrogen (secondary N) is 1. The van der Waals surface area contributed by atoms with Crippen LogP contribution in [0.25, 0.3) is 0 Å². The van der Waals surface area contributed by atoms with Crippen LogP contribution >= 0.6 is 0 Å². The van der Waals surface area contributed by atoms with E-state index in [-0.39, 0.29) is 11.8 Å². The summed E-state index contributed by atoms with van der Waals surface area (Å²) in [4.78, 5) is 28.6. The molecule has 3 aliphatic heterocycles. The summed E-state index contributed by atoms with van der Waals surface area (Å²) >= 11 is 0. The van der Waals surface area contributed by atoms with Gasteiger partial charge in [0.25, 0.3) is 11.8 Å². The van der Waals surface area contributed by atoms with E-state index in [9.17, 15) is 9.59 Å². The first-order chi connectivity index (χ1) is 11.2. The third-order valence-electron chi connectivity index (χ3n) is 5.80. The summed E-state index contributed by atoms with van der Waals surface area (Å²) < 4.78 is 0. The highest BCUT2D eigenvalue weighted by Gasteiger charge is 2.39. The van der Waals surface area contributed by atoms with Gasteiger partial charge >= 0.3 is 0 Å². The van der Waals surface area contributed by atoms with Gasteiger partial charge in [-0.25, -0.2) is 0 Å². The molecule has 0 atom stereocenters. The Balaban J connectivity index is 1.41. The molecule has 2 amide bonds. The number of piperidine rings is 2. The molecule has 1 spiro atoms. The van der Waals surface area contributed by atoms with Crippen molar-refractivity contribution in [3.05, 3.63) is 35.4 Å². The number of nitrogens with zero attached hydrogens (tertiary/aromatic N) is 2. The minimum absolute atomic E-state index is 0.146. The van der Waals surface area contributed by atoms with E-state index in [0.717, 1.165) is 26.2 Å². The van der Waals surface area contributed by atoms with E-state index in [4.69, 9.17) is 0 Å². The van der Waals surface area contributed by atoms with E-state index in [2.05, 4.69) is 10.2 Å². The second kappa shape index (κ2) is 5.73. The molecule has 4 rings (SSSR count). The van der Waals surface area contributed by atoms with Gasteiger partial charge < -0.3 is 5.32 Å². The number of hydrogen-bond acceptors (Lipinski definition) is 4. The van der Waals surface area contributed by atoms with Crippen molar-refractivity contribution in [1.82, 2.24) is 15.1 Å². The van der Waals surface area contributed by atoms with Gasteiger partial charge in [-0.2, -0.15) is 0 Å². The zero-order valence-corrected chi connectivity index (χ0v) is 13.4. The molecule has 0 aliphatic carbocycles. The van der Waals surface area contributed by atoms with Gasteiger partial charge in [-0.1, -0.05) is 12.1 Å². The Labute approximate surface area is 136 Å². The molecule has 0 saturated carbocycles. The zero-order valence-electron chi connectivity index (χ0n) is 13.4. The average molecular weight is 313 g/mol. The van der Waals surface area contributed by atoms with Crippen LogP contribution in [0.2, 0.25) is 0 Å². The molecule has 0 unspecified atom stereocenters. The van der Waals surface area contributed by atoms with E-state index < -0.39 is 0 Å². The fraction of sp³-hybridized carbons (Fsp3) is 0.556. The summed E-state index contributed by atoms with van der Waals surface area (Å²) in [6.07, 6.45) is 4.87. The minimum atomic E-state index is -0.146. The summed E-state index contributed by atoms with van der Waals surface area (Å²) in [5, 5.41) is 3.44. The van der Waals surface area contributed by atoms with E-state index in [1.807, 2.05) is 12.1 Å². The number of rotatable bonds is 2. The summed E-state index contributed by atoms with van der Waals surface area (Å²) in [6, 6.07) is 7.12. The molecule has 5 heteroatoms. The number of hydrogen-bond donors (Lipinski definition) is 1. The number of imide groups is 1. The summed E-state index contributed by atoms with van der Waals surface area (Å²) in [5.41, 5.74) is 1.58. The van der Waals surface area contributed by atoms with Gasteiger partial charge in [0.1, 0.15) is 0 Å². The van der Waals surface area contributed by atoms with Gasteiger partial charge in [0.15, 0.2) is 0 Å². The van der Waals surface area contributed by atoms with Crippen LogP contribution in [0.1, 0.15) is 46.4 Å². The predicted octanol–water partition coefficient (Wildman–Crippen LogP) is 1.71. The molecule has 5 nitrogen and oxygen atoms in total. The van der Waals surface area contributed by atoms with Gasteiger partial charge in [0.2, 0.25) is 0 Å². The number of carbonyl (C=O) groups excluding carboxylic acids is 2. The molecule has 1 aromatic rings. The number of fused-ring (bicyclic) bond motifs is 1. The first kappa shape index (κ1) is 14.8. The third-order valence-corrected chi connectivity index (χ3v) is 5.80. The van der Waals surface area contributed by atoms with E-state index in [1.165, 1.54) is 30.6 Å². The van der Waals surface area contributed by atoms with Crippen LogP contribution in [0.5, 0.6) is 0 Å². The molecule has 3 aliphatic rings. The molecule has 3 heterocycles. The molecule has 0 radical (unpaired) electrons. The predicted molar refractivity (Wildman–Crippen MR) is 87.2 cm³/mol. The minimum Gasteiger partial charge on any atom is -0.317 e. The van der Waals surface area contributed by atoms with Gasteiger partial charge in [0.05, 0.1) is 17.8 Å². The molecular formula is C18H23N3O2. The Morgan fingerprint density at radius 1 is 0.913 bits per heavy atom. The second-order valence-corrected chi connectivity index (χ2v) is 7.09. The molecule has 2 saturated heterocycles. The number of benzene rings is 1. The SMILES string of the molecule is O=C1c2ccccc2C(=O)N1CN1CCC2(CCNCC2)CC1. The maximum atomic E-state index is 12.4. The van der Waals surface area contributed by atoms with Crippen molar-refractivity contribution in [3.8, 4) is 0 Å². The maximum Gasteiger partial charge on any atom is 0.262 e. The normalized spacial score (nSPS) is 24.3. The summed E-state index contributed by atoms with van der Waals surface area (Å²) in [5.74, 6) is -0.291. The Kier molecular flexibility index (Phi) is 3.70. The fourth-order valence-corrected chi connectivity index (χ4v) is 4.19. The van der Waals surface area contributed by atoms with Crippen molar-refractivity contribution >= 4 is 11.8 Å². The van der Waals surface area contributed by atoms with Crippen molar-refractivity contribution in [2.24, 2.45) is 5.41 Å². The molecule has 1 N–H and O–H groups in total. The lowest BCUT2D eigenvalue weighted by atomic mass is 9.72. The highest BCUT2D eigenvalue weighted by molar-refractivity contribution is 6.21. The van der Waals surface area contributed by atoms with Crippen molar-refractivity contribution in [1.29, 1.82) is 0 Å². The van der Waals surface area contributed by atoms with Crippen LogP contribution in [0.3, 0.4) is 0 Å². The number of carbonyl (C=O) groups is 2. The van der Waals surface area contributed by atoms with Gasteiger partial charge in [-0.15, -0.1) is 0 Å². The molecule has 2 fully saturated rings. The van der Waals surface area contributed by atoms with Crippen LogP contribution in [-0.2, 0) is 0 Å². The number of likely N-dealkylation sites (tertiary alicyclic amines) is 1. The van der Waals surface area contributed by atoms with Crippen LogP contribution < -0.4 is 5.32 Å². The monoisotopic (exact) mass is 313 g/mol. The van der Waals surface area contributed by atoms with Gasteiger partial charge in [-0.3, -0.25) is 19.4 Å². The lowest BCUT2D eigenvalue weighted by Gasteiger charge is -2.45. The maximum absolute atomic E-state index is 12.4. The molecular weight excluding hydrogens is 290 g/mol. The zero-order chi connectivity index (χ0) is 15.9. The highest BCUT2D eigenvalue weighted by atomic mass is 16.2. The van der Waals surface area contributed by atoms with Gasteiger partial charge in [-0.05, 0) is 56.3 Å². The quantitative estimate of drug-likeness (QED) is 0.845. The van der Waals surface area contributed by atoms with Crippen molar-refractivity contribution in [2.75, 3.05) is 32.8 Å². The van der Waals surface area contributed by atoms with Gasteiger partial charge in [0, 0.05) is 13.1 Å². The number of amides is 2. The average Bonchev–Trinajstić information content (AvgIpc) is 2.83. The smallest absolute Gasteiger partial charge is 0.262 e. The van der Waals surface area contributed by atoms with Crippen LogP contribution in [0, 0.1) is 5.41 Å². The van der Waals surface area contributed by atoms with Crippen LogP contribution in [-0.4, -0.2) is 54.5 Å². The molecule has 1 aromatic carbocycles. The Morgan fingerprint density at radius 2 is 1.48 bits per heavy atom. The molecule has 0 bridgehead atoms. The first-order valence-electron chi connectivity index (χ1n) is 8.57. The molecule has 0 aromatic heterocycles. The lowest BCUT2D eigenvalue weighted by molar-refractivity contribution is 0.0329. The van der Waals surface area contributed by atoms with Crippen molar-refractivity contribution in [3.63, 3.8) is 0 Å². The molecule has 23 heavy (non-hydrogen) atoms. The Morgan fingerprint density at radius 3 is 2.04 bits per heavy atom. The second-order valence-electron chi connectivity index (χ2n) is 7.09. The lowest BCUT2D eigenvalue weighted by Crippen LogP contribution is -2.49. The Bertz CT molecular complexity index is 592. The standard InChI is InChI=1S/C18H23N3O2/c22-16-14-3-1-2-4-15(14)17(23)21(16)13-20-11-7-18(8-12-20)5-9-19-10-6-18/h1-4,19H,5-13H2. The highest BCUT2D eigenvalue weighted by Crippen LogP contribution is 2.39. The first-order valence-corrected chi connectivity index (χ1v) is 8.57. The van der Waals surface area contributed by atoms with Crippen LogP contribution in [0.15, 0.2) is 24.3 Å². The summed E-state index contributed by atoms with van der Waals surface area (Å²) in [6.45, 7) is 4.64. The summed E-state index contributed by atoms with van der Waals surface area (Å²) in [7, 11) is 0. The Hall–Kier alpha value is -1.72. The van der Waals surface area contributed by atoms with Crippen molar-refractivity contribution < 1.29 is 9.59 Å². The third kappa shape index (κ3) is 2.58. The van der Waals surface area contributed by atoms with Crippen LogP contribution in [0.4, 0.5) is 0 Å². The topological polar surface area (TPSA) is 52.7 Å². The van der Waals surface area contributed by atoms with E-state index >= 15 is 0 Å². The van der Waals surface area contributed by atoms with E-state index in [0.29, 0.717) is 23.2 Å². The molecule has 122 valence electrons. The fourth-order valence-electron chi connectivity index (χ4n) is 4.19. The van der Waals surface area contributed by atoms with Crippen molar-refractivity contribution in [2.45, 2.75) is 25.7 Å². The van der Waals surface area contributed by atoms with E-state index in [1.54, 1.807) is 12.1 Å².